The normalized spacial score (nSPS) is 34.8. The highest BCUT2D eigenvalue weighted by Gasteiger charge is 2.52. The minimum Gasteiger partial charge on any atom is -0.338 e. The summed E-state index contributed by atoms with van der Waals surface area (Å²) in [5.41, 5.74) is 0.250. The summed E-state index contributed by atoms with van der Waals surface area (Å²) in [6, 6.07) is 0.443. The van der Waals surface area contributed by atoms with Crippen LogP contribution in [-0.4, -0.2) is 36.0 Å². The van der Waals surface area contributed by atoms with Crippen molar-refractivity contribution in [1.82, 2.24) is 10.2 Å². The molecular formula is C15H28N2O. The lowest BCUT2D eigenvalue weighted by Gasteiger charge is -2.40. The summed E-state index contributed by atoms with van der Waals surface area (Å²) in [7, 11) is 1.87. The van der Waals surface area contributed by atoms with Crippen molar-refractivity contribution in [2.75, 3.05) is 13.6 Å². The Hall–Kier alpha value is -0.570. The van der Waals surface area contributed by atoms with Gasteiger partial charge in [0.1, 0.15) is 0 Å². The zero-order chi connectivity index (χ0) is 13.8. The van der Waals surface area contributed by atoms with Crippen molar-refractivity contribution in [3.05, 3.63) is 0 Å². The van der Waals surface area contributed by atoms with Gasteiger partial charge in [-0.15, -0.1) is 0 Å². The summed E-state index contributed by atoms with van der Waals surface area (Å²) in [5, 5.41) is 3.14. The molecule has 1 saturated heterocycles. The van der Waals surface area contributed by atoms with E-state index in [1.54, 1.807) is 0 Å². The van der Waals surface area contributed by atoms with Gasteiger partial charge in [-0.05, 0) is 51.0 Å². The summed E-state index contributed by atoms with van der Waals surface area (Å²) >= 11 is 0. The summed E-state index contributed by atoms with van der Waals surface area (Å²) in [6.07, 6.45) is 3.57. The van der Waals surface area contributed by atoms with Crippen LogP contribution >= 0.6 is 0 Å². The topological polar surface area (TPSA) is 32.3 Å². The average Bonchev–Trinajstić information content (AvgIpc) is 2.46. The molecule has 104 valence electrons. The van der Waals surface area contributed by atoms with Crippen LogP contribution in [0.2, 0.25) is 0 Å². The van der Waals surface area contributed by atoms with Crippen LogP contribution in [0.4, 0.5) is 0 Å². The quantitative estimate of drug-likeness (QED) is 0.818. The van der Waals surface area contributed by atoms with Gasteiger partial charge in [-0.25, -0.2) is 0 Å². The molecule has 2 fully saturated rings. The van der Waals surface area contributed by atoms with E-state index in [0.29, 0.717) is 16.9 Å². The van der Waals surface area contributed by atoms with Crippen molar-refractivity contribution < 1.29 is 4.79 Å². The molecule has 2 bridgehead atoms. The molecule has 1 saturated carbocycles. The van der Waals surface area contributed by atoms with E-state index in [1.165, 1.54) is 12.8 Å². The first-order valence-electron chi connectivity index (χ1n) is 7.09. The van der Waals surface area contributed by atoms with Crippen LogP contribution in [0.15, 0.2) is 0 Å². The standard InChI is InChI=1S/C15H28N2O/c1-13(2)7-11-8-15(5,9-13)10-17(11)12(18)14(3,4)16-6/h11,16H,7-10H2,1-6H3. The van der Waals surface area contributed by atoms with Gasteiger partial charge in [0.15, 0.2) is 0 Å². The molecular weight excluding hydrogens is 224 g/mol. The van der Waals surface area contributed by atoms with E-state index in [9.17, 15) is 4.79 Å². The first-order chi connectivity index (χ1) is 8.09. The Labute approximate surface area is 111 Å². The minimum absolute atomic E-state index is 0.261. The SMILES string of the molecule is CNC(C)(C)C(=O)N1CC2(C)CC1CC(C)(C)C2. The van der Waals surface area contributed by atoms with Gasteiger partial charge in [0, 0.05) is 12.6 Å². The predicted octanol–water partition coefficient (Wildman–Crippen LogP) is 2.41. The predicted molar refractivity (Wildman–Crippen MR) is 74.4 cm³/mol. The minimum atomic E-state index is -0.446. The molecule has 1 aliphatic heterocycles. The van der Waals surface area contributed by atoms with Gasteiger partial charge in [0.2, 0.25) is 5.91 Å². The molecule has 1 amide bonds. The number of nitrogens with zero attached hydrogens (tertiary/aromatic N) is 1. The highest BCUT2D eigenvalue weighted by molar-refractivity contribution is 5.86. The van der Waals surface area contributed by atoms with Gasteiger partial charge in [-0.1, -0.05) is 20.8 Å². The second-order valence-electron chi connectivity index (χ2n) is 8.02. The maximum absolute atomic E-state index is 12.7. The largest absolute Gasteiger partial charge is 0.338 e. The molecule has 0 radical (unpaired) electrons. The molecule has 0 aromatic heterocycles. The highest BCUT2D eigenvalue weighted by atomic mass is 16.2. The average molecular weight is 252 g/mol. The second-order valence-corrected chi connectivity index (χ2v) is 8.02. The summed E-state index contributed by atoms with van der Waals surface area (Å²) < 4.78 is 0. The Bertz CT molecular complexity index is 362. The number of hydrogen-bond acceptors (Lipinski definition) is 2. The maximum Gasteiger partial charge on any atom is 0.242 e. The van der Waals surface area contributed by atoms with Crippen molar-refractivity contribution in [1.29, 1.82) is 0 Å². The lowest BCUT2D eigenvalue weighted by Crippen LogP contribution is -2.54. The lowest BCUT2D eigenvalue weighted by atomic mass is 9.65. The molecule has 2 rings (SSSR count). The fourth-order valence-corrected chi connectivity index (χ4v) is 4.16. The van der Waals surface area contributed by atoms with Crippen LogP contribution in [0.3, 0.4) is 0 Å². The summed E-state index contributed by atoms with van der Waals surface area (Å²) in [5.74, 6) is 0.261. The van der Waals surface area contributed by atoms with Gasteiger partial charge in [-0.3, -0.25) is 4.79 Å². The van der Waals surface area contributed by atoms with Crippen LogP contribution in [0.5, 0.6) is 0 Å². The molecule has 0 aromatic carbocycles. The molecule has 1 aliphatic carbocycles. The molecule has 18 heavy (non-hydrogen) atoms. The number of hydrogen-bond donors (Lipinski definition) is 1. The molecule has 3 nitrogen and oxygen atoms in total. The molecule has 2 unspecified atom stereocenters. The maximum atomic E-state index is 12.7. The van der Waals surface area contributed by atoms with Crippen molar-refractivity contribution in [2.24, 2.45) is 10.8 Å². The molecule has 0 aromatic rings. The zero-order valence-corrected chi connectivity index (χ0v) is 12.8. The molecule has 3 heteroatoms. The second kappa shape index (κ2) is 3.96. The lowest BCUT2D eigenvalue weighted by molar-refractivity contribution is -0.138. The Morgan fingerprint density at radius 1 is 1.28 bits per heavy atom. The number of carbonyl (C=O) groups excluding carboxylic acids is 1. The first-order valence-corrected chi connectivity index (χ1v) is 7.09. The number of rotatable bonds is 2. The van der Waals surface area contributed by atoms with Crippen LogP contribution in [-0.2, 0) is 4.79 Å². The molecule has 2 atom stereocenters. The van der Waals surface area contributed by atoms with Crippen LogP contribution < -0.4 is 5.32 Å². The number of amides is 1. The third-order valence-corrected chi connectivity index (χ3v) is 4.84. The van der Waals surface area contributed by atoms with E-state index in [1.807, 2.05) is 20.9 Å². The molecule has 1 N–H and O–H groups in total. The third kappa shape index (κ3) is 2.29. The highest BCUT2D eigenvalue weighted by Crippen LogP contribution is 2.52. The monoisotopic (exact) mass is 252 g/mol. The van der Waals surface area contributed by atoms with E-state index in [4.69, 9.17) is 0 Å². The van der Waals surface area contributed by atoms with Gasteiger partial charge >= 0.3 is 0 Å². The Kier molecular flexibility index (Phi) is 3.05. The van der Waals surface area contributed by atoms with E-state index in [2.05, 4.69) is 31.0 Å². The van der Waals surface area contributed by atoms with Crippen molar-refractivity contribution in [2.45, 2.75) is 65.5 Å². The van der Waals surface area contributed by atoms with Gasteiger partial charge in [0.05, 0.1) is 5.54 Å². The third-order valence-electron chi connectivity index (χ3n) is 4.84. The van der Waals surface area contributed by atoms with Gasteiger partial charge in [-0.2, -0.15) is 0 Å². The number of likely N-dealkylation sites (tertiary alicyclic amines) is 1. The molecule has 2 aliphatic rings. The Morgan fingerprint density at radius 2 is 1.89 bits per heavy atom. The molecule has 1 heterocycles. The Balaban J connectivity index is 2.21. The number of carbonyl (C=O) groups is 1. The van der Waals surface area contributed by atoms with E-state index in [-0.39, 0.29) is 5.91 Å². The van der Waals surface area contributed by atoms with E-state index >= 15 is 0 Å². The summed E-state index contributed by atoms with van der Waals surface area (Å²) in [6.45, 7) is 11.9. The number of nitrogens with one attached hydrogen (secondary N) is 1. The number of fused-ring (bicyclic) bond motifs is 2. The van der Waals surface area contributed by atoms with Crippen LogP contribution in [0, 0.1) is 10.8 Å². The van der Waals surface area contributed by atoms with Crippen LogP contribution in [0.25, 0.3) is 0 Å². The summed E-state index contributed by atoms with van der Waals surface area (Å²) in [4.78, 5) is 14.8. The fourth-order valence-electron chi connectivity index (χ4n) is 4.16. The number of likely N-dealkylation sites (N-methyl/N-ethyl adjacent to an activating group) is 1. The zero-order valence-electron chi connectivity index (χ0n) is 12.8. The van der Waals surface area contributed by atoms with Gasteiger partial charge < -0.3 is 10.2 Å². The Morgan fingerprint density at radius 3 is 2.44 bits per heavy atom. The van der Waals surface area contributed by atoms with Crippen molar-refractivity contribution in [3.63, 3.8) is 0 Å². The fraction of sp³-hybridized carbons (Fsp3) is 0.933. The van der Waals surface area contributed by atoms with E-state index in [0.717, 1.165) is 13.0 Å². The van der Waals surface area contributed by atoms with Gasteiger partial charge in [0.25, 0.3) is 0 Å². The first kappa shape index (κ1) is 13.9. The van der Waals surface area contributed by atoms with E-state index < -0.39 is 5.54 Å². The smallest absolute Gasteiger partial charge is 0.242 e. The van der Waals surface area contributed by atoms with Crippen molar-refractivity contribution in [3.8, 4) is 0 Å². The molecule has 0 spiro atoms. The van der Waals surface area contributed by atoms with Crippen molar-refractivity contribution >= 4 is 5.91 Å². The van der Waals surface area contributed by atoms with Crippen LogP contribution in [0.1, 0.15) is 53.9 Å².